The third kappa shape index (κ3) is 3.48. The molecule has 2 saturated heterocycles. The first-order valence-electron chi connectivity index (χ1n) is 9.29. The van der Waals surface area contributed by atoms with Gasteiger partial charge in [-0.3, -0.25) is 0 Å². The highest BCUT2D eigenvalue weighted by atomic mass is 28.5. The van der Waals surface area contributed by atoms with Gasteiger partial charge >= 0.3 is 17.1 Å². The van der Waals surface area contributed by atoms with E-state index in [1.54, 1.807) is 0 Å². The molecule has 2 heterocycles. The second-order valence-corrected chi connectivity index (χ2v) is 17.2. The zero-order valence-corrected chi connectivity index (χ0v) is 18.2. The van der Waals surface area contributed by atoms with E-state index in [2.05, 4.69) is 55.4 Å². The third-order valence-corrected chi connectivity index (χ3v) is 15.8. The molecule has 0 spiro atoms. The Balaban J connectivity index is 2.48. The summed E-state index contributed by atoms with van der Waals surface area (Å²) in [5, 5.41) is 0. The van der Waals surface area contributed by atoms with Gasteiger partial charge in [0.2, 0.25) is 0 Å². The molecule has 0 saturated carbocycles. The van der Waals surface area contributed by atoms with Crippen molar-refractivity contribution in [1.29, 1.82) is 0 Å². The van der Waals surface area contributed by atoms with Gasteiger partial charge in [0.25, 0.3) is 0 Å². The zero-order valence-electron chi connectivity index (χ0n) is 16.2. The number of hydrogen-bond acceptors (Lipinski definition) is 4. The van der Waals surface area contributed by atoms with Crippen molar-refractivity contribution in [1.82, 2.24) is 0 Å². The first-order chi connectivity index (χ1) is 10.7. The van der Waals surface area contributed by atoms with Gasteiger partial charge in [-0.05, 0) is 28.6 Å². The second-order valence-electron chi connectivity index (χ2n) is 8.33. The molecule has 0 unspecified atom stereocenters. The molecule has 4 nitrogen and oxygen atoms in total. The van der Waals surface area contributed by atoms with E-state index in [9.17, 15) is 0 Å². The predicted octanol–water partition coefficient (Wildman–Crippen LogP) is 4.73. The molecule has 0 aliphatic carbocycles. The second kappa shape index (κ2) is 7.26. The minimum absolute atomic E-state index is 0.0765. The van der Waals surface area contributed by atoms with E-state index in [1.807, 2.05) is 0 Å². The van der Waals surface area contributed by atoms with Crippen molar-refractivity contribution in [3.63, 3.8) is 0 Å². The van der Waals surface area contributed by atoms with Crippen molar-refractivity contribution < 1.29 is 17.7 Å². The van der Waals surface area contributed by atoms with E-state index in [-0.39, 0.29) is 12.2 Å². The quantitative estimate of drug-likeness (QED) is 0.679. The molecule has 0 N–H and O–H groups in total. The maximum absolute atomic E-state index is 7.10. The summed E-state index contributed by atoms with van der Waals surface area (Å²) >= 11 is 0. The van der Waals surface area contributed by atoms with Crippen LogP contribution in [0.1, 0.15) is 61.8 Å². The van der Waals surface area contributed by atoms with Crippen LogP contribution in [0.5, 0.6) is 0 Å². The Morgan fingerprint density at radius 3 is 1.74 bits per heavy atom. The highest BCUT2D eigenvalue weighted by Gasteiger charge is 2.59. The molecule has 6 heteroatoms. The number of ether oxygens (including phenoxy) is 1. The summed E-state index contributed by atoms with van der Waals surface area (Å²) in [7, 11) is -4.79. The van der Waals surface area contributed by atoms with Crippen LogP contribution in [-0.2, 0) is 17.7 Å². The topological polar surface area (TPSA) is 36.9 Å². The Morgan fingerprint density at radius 1 is 0.739 bits per heavy atom. The zero-order chi connectivity index (χ0) is 17.4. The van der Waals surface area contributed by atoms with Crippen molar-refractivity contribution in [3.8, 4) is 0 Å². The summed E-state index contributed by atoms with van der Waals surface area (Å²) < 4.78 is 26.5. The molecule has 0 aromatic rings. The Morgan fingerprint density at radius 2 is 1.26 bits per heavy atom. The van der Waals surface area contributed by atoms with Crippen LogP contribution in [0.3, 0.4) is 0 Å². The maximum Gasteiger partial charge on any atom is 0.335 e. The van der Waals surface area contributed by atoms with E-state index < -0.39 is 17.1 Å². The molecule has 23 heavy (non-hydrogen) atoms. The molecule has 2 aliphatic rings. The van der Waals surface area contributed by atoms with Gasteiger partial charge < -0.3 is 17.7 Å². The highest BCUT2D eigenvalue weighted by Crippen LogP contribution is 2.46. The molecule has 0 radical (unpaired) electrons. The SMILES string of the molecule is CC(C)[Si]1(C(C)C)OC[C@H]2OCC[C@H]2O[Si](C(C)C)(C(C)C)O1. The number of fused-ring (bicyclic) bond motifs is 1. The normalized spacial score (nSPS) is 30.8. The van der Waals surface area contributed by atoms with E-state index in [0.29, 0.717) is 28.8 Å². The van der Waals surface area contributed by atoms with E-state index in [0.717, 1.165) is 13.0 Å². The summed E-state index contributed by atoms with van der Waals surface area (Å²) in [5.41, 5.74) is 1.59. The monoisotopic (exact) mass is 360 g/mol. The molecular formula is C17H36O4Si2. The van der Waals surface area contributed by atoms with Crippen LogP contribution in [-0.4, -0.2) is 42.5 Å². The molecule has 2 aliphatic heterocycles. The molecule has 2 atom stereocenters. The van der Waals surface area contributed by atoms with Crippen LogP contribution in [0.4, 0.5) is 0 Å². The summed E-state index contributed by atoms with van der Waals surface area (Å²) in [6.07, 6.45) is 1.18. The van der Waals surface area contributed by atoms with Crippen LogP contribution in [0.25, 0.3) is 0 Å². The van der Waals surface area contributed by atoms with E-state index in [1.165, 1.54) is 0 Å². The first kappa shape index (κ1) is 19.6. The summed E-state index contributed by atoms with van der Waals surface area (Å²) in [4.78, 5) is 0. The van der Waals surface area contributed by atoms with Crippen molar-refractivity contribution in [2.24, 2.45) is 0 Å². The van der Waals surface area contributed by atoms with Crippen molar-refractivity contribution in [3.05, 3.63) is 0 Å². The van der Waals surface area contributed by atoms with Crippen molar-refractivity contribution in [2.45, 2.75) is 96.2 Å². The molecule has 2 rings (SSSR count). The fourth-order valence-electron chi connectivity index (χ4n) is 4.08. The fourth-order valence-corrected chi connectivity index (χ4v) is 15.3. The minimum Gasteiger partial charge on any atom is -0.414 e. The molecule has 136 valence electrons. The fraction of sp³-hybridized carbons (Fsp3) is 1.00. The van der Waals surface area contributed by atoms with Crippen molar-refractivity contribution >= 4 is 17.1 Å². The molecule has 0 aromatic carbocycles. The van der Waals surface area contributed by atoms with E-state index in [4.69, 9.17) is 17.7 Å². The van der Waals surface area contributed by atoms with Gasteiger partial charge in [0.05, 0.1) is 12.7 Å². The lowest BCUT2D eigenvalue weighted by molar-refractivity contribution is -0.0196. The van der Waals surface area contributed by atoms with Gasteiger partial charge in [0, 0.05) is 6.61 Å². The highest BCUT2D eigenvalue weighted by molar-refractivity contribution is 6.83. The Kier molecular flexibility index (Phi) is 6.18. The third-order valence-electron chi connectivity index (χ3n) is 5.50. The largest absolute Gasteiger partial charge is 0.414 e. The molecule has 2 fully saturated rings. The first-order valence-corrected chi connectivity index (χ1v) is 13.2. The average molecular weight is 361 g/mol. The van der Waals surface area contributed by atoms with Gasteiger partial charge in [0.15, 0.2) is 0 Å². The van der Waals surface area contributed by atoms with Crippen LogP contribution in [0, 0.1) is 0 Å². The van der Waals surface area contributed by atoms with Gasteiger partial charge in [-0.2, -0.15) is 0 Å². The van der Waals surface area contributed by atoms with Crippen LogP contribution < -0.4 is 0 Å². The molecule has 0 amide bonds. The van der Waals surface area contributed by atoms with E-state index >= 15 is 0 Å². The average Bonchev–Trinajstić information content (AvgIpc) is 2.84. The van der Waals surface area contributed by atoms with Crippen LogP contribution in [0.15, 0.2) is 0 Å². The standard InChI is InChI=1S/C17H36O4Si2/c1-12(2)22(13(3)4)19-11-17-16(9-10-18-17)20-23(21-22,14(5)6)15(7)8/h12-17H,9-11H2,1-8H3/t16-,17-/m1/s1. The lowest BCUT2D eigenvalue weighted by Crippen LogP contribution is -2.65. The number of hydrogen-bond donors (Lipinski definition) is 0. The predicted molar refractivity (Wildman–Crippen MR) is 98.2 cm³/mol. The number of rotatable bonds is 4. The van der Waals surface area contributed by atoms with Gasteiger partial charge in [0.1, 0.15) is 6.10 Å². The smallest absolute Gasteiger partial charge is 0.335 e. The minimum atomic E-state index is -2.41. The Labute approximate surface area is 144 Å². The van der Waals surface area contributed by atoms with Gasteiger partial charge in [-0.15, -0.1) is 0 Å². The van der Waals surface area contributed by atoms with Crippen LogP contribution >= 0.6 is 0 Å². The lowest BCUT2D eigenvalue weighted by atomic mass is 10.2. The Bertz CT molecular complexity index is 382. The lowest BCUT2D eigenvalue weighted by Gasteiger charge is -2.51. The summed E-state index contributed by atoms with van der Waals surface area (Å²) in [6.45, 7) is 19.4. The molecule has 0 bridgehead atoms. The molecule has 0 aromatic heterocycles. The molecular weight excluding hydrogens is 324 g/mol. The van der Waals surface area contributed by atoms with Gasteiger partial charge in [-0.25, -0.2) is 0 Å². The maximum atomic E-state index is 7.10. The Hall–Kier alpha value is 0.274. The van der Waals surface area contributed by atoms with Crippen LogP contribution in [0.2, 0.25) is 22.2 Å². The van der Waals surface area contributed by atoms with Crippen molar-refractivity contribution in [2.75, 3.05) is 13.2 Å². The summed E-state index contributed by atoms with van der Waals surface area (Å²) in [6, 6.07) is 0. The summed E-state index contributed by atoms with van der Waals surface area (Å²) in [5.74, 6) is 0. The van der Waals surface area contributed by atoms with Gasteiger partial charge in [-0.1, -0.05) is 55.4 Å².